The summed E-state index contributed by atoms with van der Waals surface area (Å²) >= 11 is 0. The Morgan fingerprint density at radius 2 is 1.74 bits per heavy atom. The van der Waals surface area contributed by atoms with Crippen LogP contribution in [0.3, 0.4) is 0 Å². The molecule has 4 aliphatic rings. The van der Waals surface area contributed by atoms with Crippen molar-refractivity contribution in [2.24, 2.45) is 10.8 Å². The monoisotopic (exact) mass is 976 g/mol. The topological polar surface area (TPSA) is 178 Å². The number of anilines is 3. The molecule has 0 radical (unpaired) electrons. The second kappa shape index (κ2) is 18.4. The van der Waals surface area contributed by atoms with Gasteiger partial charge in [-0.3, -0.25) is 9.69 Å². The minimum atomic E-state index is -4.69. The van der Waals surface area contributed by atoms with Crippen LogP contribution in [0.4, 0.5) is 25.8 Å². The highest BCUT2D eigenvalue weighted by Gasteiger charge is 2.50. The van der Waals surface area contributed by atoms with Gasteiger partial charge in [0, 0.05) is 69.0 Å². The number of alkyl halides is 1. The number of carbonyl (C=O) groups excluding carboxylic acids is 1. The van der Waals surface area contributed by atoms with Crippen molar-refractivity contribution in [1.29, 1.82) is 0 Å². The molecule has 1 atom stereocenters. The number of benzene rings is 3. The number of aromatic amines is 2. The number of likely N-dealkylation sites (tertiary alicyclic amines) is 2. The fourth-order valence-corrected chi connectivity index (χ4v) is 12.9. The predicted octanol–water partition coefficient (Wildman–Crippen LogP) is 10.0. The molecule has 6 heterocycles. The van der Waals surface area contributed by atoms with Crippen LogP contribution in [0.1, 0.15) is 119 Å². The second-order valence-electron chi connectivity index (χ2n) is 22.0. The van der Waals surface area contributed by atoms with Crippen LogP contribution >= 0.6 is 0 Å². The van der Waals surface area contributed by atoms with Crippen molar-refractivity contribution in [3.8, 4) is 11.5 Å². The Morgan fingerprint density at radius 3 is 2.49 bits per heavy atom. The summed E-state index contributed by atoms with van der Waals surface area (Å²) in [5, 5.41) is 3.88. The molecule has 3 aliphatic heterocycles. The van der Waals surface area contributed by atoms with Crippen LogP contribution in [-0.4, -0.2) is 102 Å². The summed E-state index contributed by atoms with van der Waals surface area (Å²) in [5.74, 6) is -1.10. The zero-order chi connectivity index (χ0) is 49.2. The molecule has 372 valence electrons. The maximum atomic E-state index is 16.6. The number of fused-ring (bicyclic) bond motifs is 2. The van der Waals surface area contributed by atoms with Crippen LogP contribution in [0.5, 0.6) is 11.5 Å². The Hall–Kier alpha value is -5.78. The van der Waals surface area contributed by atoms with E-state index in [1.165, 1.54) is 48.6 Å². The van der Waals surface area contributed by atoms with Crippen molar-refractivity contribution in [2.45, 2.75) is 115 Å². The Morgan fingerprint density at radius 1 is 0.986 bits per heavy atom. The lowest BCUT2D eigenvalue weighted by Gasteiger charge is -2.56. The van der Waals surface area contributed by atoms with Gasteiger partial charge in [0.05, 0.1) is 40.7 Å². The molecular weight excluding hydrogens is 911 g/mol. The Balaban J connectivity index is 0.857. The average Bonchev–Trinajstić information content (AvgIpc) is 4.11. The third-order valence-corrected chi connectivity index (χ3v) is 16.7. The first kappa shape index (κ1) is 47.9. The first-order valence-corrected chi connectivity index (χ1v) is 26.4. The smallest absolute Gasteiger partial charge is 0.268 e. The third-order valence-electron chi connectivity index (χ3n) is 15.4. The van der Waals surface area contributed by atoms with Crippen molar-refractivity contribution in [3.05, 3.63) is 95.8 Å². The highest BCUT2D eigenvalue weighted by molar-refractivity contribution is 7.90. The molecule has 0 unspecified atom stereocenters. The number of aromatic nitrogens is 4. The summed E-state index contributed by atoms with van der Waals surface area (Å²) in [6.07, 6.45) is 11.6. The number of piperidine rings is 2. The lowest BCUT2D eigenvalue weighted by molar-refractivity contribution is -0.0228. The molecule has 0 bridgehead atoms. The van der Waals surface area contributed by atoms with E-state index in [2.05, 4.69) is 98.7 Å². The molecule has 4 fully saturated rings. The molecule has 1 spiro atoms. The number of hydrogen-bond donors (Lipinski definition) is 5. The highest BCUT2D eigenvalue weighted by atomic mass is 32.2. The maximum Gasteiger partial charge on any atom is 0.268 e. The molecule has 3 aromatic carbocycles. The summed E-state index contributed by atoms with van der Waals surface area (Å²) in [5.41, 5.74) is 9.27. The Labute approximate surface area is 409 Å². The zero-order valence-corrected chi connectivity index (χ0v) is 41.7. The molecular formula is C53H66F2N10O4S. The van der Waals surface area contributed by atoms with Crippen LogP contribution in [0.2, 0.25) is 0 Å². The fraction of sp³-hybridized carbons (Fsp3) is 0.491. The third kappa shape index (κ3) is 9.56. The van der Waals surface area contributed by atoms with Crippen molar-refractivity contribution >= 4 is 55.1 Å². The van der Waals surface area contributed by atoms with Gasteiger partial charge in [-0.1, -0.05) is 58.9 Å². The molecule has 6 N–H and O–H groups in total. The van der Waals surface area contributed by atoms with Crippen molar-refractivity contribution in [3.63, 3.8) is 0 Å². The summed E-state index contributed by atoms with van der Waals surface area (Å²) in [4.78, 5) is 35.6. The minimum Gasteiger partial charge on any atom is -0.455 e. The van der Waals surface area contributed by atoms with Crippen LogP contribution in [0, 0.1) is 16.6 Å². The normalized spacial score (nSPS) is 20.1. The molecule has 17 heteroatoms. The standard InChI is InChI=1S/C53H66F2N10O4S/c1-33(2)37-9-6-7-10-38(37)42-11-8-18-65(42)35-27-52(28-35)13-21-64(22-14-52)43-26-44(69-36-23-34-12-17-57-49(34)58-29-36)39(24-40(43)54)50(66)62-70(67,68)45-25-41(56)46(48-47(45)60-32-61-48)59-30-53(55)15-19-63(20-16-53)31-51(3,4)5/h6-7,9-10,12,17,23-26,29,32-33,35,42,59H,8,11,13-16,18-22,27-28,30-31,56H2,1-5H3,(H,57,58)(H,60,61)(H,62,66)/t42-/m0/s1. The number of nitrogen functional groups attached to an aromatic ring is 1. The molecule has 10 rings (SSSR count). The van der Waals surface area contributed by atoms with E-state index in [0.717, 1.165) is 50.2 Å². The fourth-order valence-electron chi connectivity index (χ4n) is 11.8. The lowest BCUT2D eigenvalue weighted by Crippen LogP contribution is -2.55. The molecule has 1 aliphatic carbocycles. The van der Waals surface area contributed by atoms with Gasteiger partial charge in [0.2, 0.25) is 0 Å². The maximum absolute atomic E-state index is 16.6. The number of nitrogens with one attached hydrogen (secondary N) is 4. The van der Waals surface area contributed by atoms with Crippen molar-refractivity contribution in [1.82, 2.24) is 34.5 Å². The lowest BCUT2D eigenvalue weighted by atomic mass is 9.59. The van der Waals surface area contributed by atoms with E-state index < -0.39 is 27.4 Å². The van der Waals surface area contributed by atoms with Gasteiger partial charge in [0.1, 0.15) is 39.0 Å². The van der Waals surface area contributed by atoms with Gasteiger partial charge in [-0.25, -0.2) is 31.9 Å². The largest absolute Gasteiger partial charge is 0.455 e. The van der Waals surface area contributed by atoms with Crippen molar-refractivity contribution < 1.29 is 26.7 Å². The number of amides is 1. The van der Waals surface area contributed by atoms with Crippen LogP contribution in [-0.2, 0) is 10.0 Å². The number of hydrogen-bond acceptors (Lipinski definition) is 11. The number of H-pyrrole nitrogens is 2. The first-order chi connectivity index (χ1) is 33.4. The van der Waals surface area contributed by atoms with Crippen LogP contribution in [0.25, 0.3) is 22.1 Å². The van der Waals surface area contributed by atoms with Gasteiger partial charge in [-0.15, -0.1) is 0 Å². The van der Waals surface area contributed by atoms with E-state index in [4.69, 9.17) is 10.5 Å². The number of halogens is 2. The number of nitrogens with two attached hydrogens (primary N) is 1. The van der Waals surface area contributed by atoms with Crippen LogP contribution < -0.4 is 25.4 Å². The minimum absolute atomic E-state index is 0.00820. The van der Waals surface area contributed by atoms with E-state index in [1.54, 1.807) is 12.3 Å². The molecule has 3 aromatic heterocycles. The SMILES string of the molecule is CC(C)c1ccccc1[C@@H]1CCCN1C1CC2(CCN(c3cc(Oc4cnc5[nH]ccc5c4)c(C(=O)NS(=O)(=O)c4cc(N)c(NCC5(F)CCN(CC(C)(C)C)CC5)c5[nH]cnc45)cc3F)CC2)C1. The van der Waals surface area contributed by atoms with Gasteiger partial charge >= 0.3 is 0 Å². The number of nitrogens with zero attached hydrogens (tertiary/aromatic N) is 5. The molecule has 70 heavy (non-hydrogen) atoms. The van der Waals surface area contributed by atoms with E-state index >= 15 is 8.78 Å². The number of pyridine rings is 1. The summed E-state index contributed by atoms with van der Waals surface area (Å²) in [6, 6.07) is 17.1. The molecule has 1 amide bonds. The van der Waals surface area contributed by atoms with E-state index in [-0.39, 0.29) is 61.7 Å². The van der Waals surface area contributed by atoms with Gasteiger partial charge in [0.15, 0.2) is 0 Å². The quantitative estimate of drug-likeness (QED) is 0.0696. The molecule has 1 saturated carbocycles. The van der Waals surface area contributed by atoms with Crippen LogP contribution in [0.15, 0.2) is 78.2 Å². The van der Waals surface area contributed by atoms with E-state index in [0.29, 0.717) is 68.4 Å². The molecule has 6 aromatic rings. The van der Waals surface area contributed by atoms with Gasteiger partial charge < -0.3 is 35.6 Å². The molecule has 14 nitrogen and oxygen atoms in total. The Bertz CT molecular complexity index is 3020. The van der Waals surface area contributed by atoms with Gasteiger partial charge in [-0.05, 0) is 110 Å². The number of carbonyl (C=O) groups is 1. The van der Waals surface area contributed by atoms with E-state index in [9.17, 15) is 13.2 Å². The second-order valence-corrected chi connectivity index (χ2v) is 23.6. The van der Waals surface area contributed by atoms with Crippen molar-refractivity contribution in [2.75, 3.05) is 61.8 Å². The van der Waals surface area contributed by atoms with Gasteiger partial charge in [-0.2, -0.15) is 0 Å². The summed E-state index contributed by atoms with van der Waals surface area (Å²) < 4.78 is 69.6. The number of ether oxygens (including phenoxy) is 1. The summed E-state index contributed by atoms with van der Waals surface area (Å²) in [7, 11) is -4.69. The number of imidazole rings is 1. The number of sulfonamides is 1. The average molecular weight is 977 g/mol. The number of rotatable bonds is 13. The molecule has 3 saturated heterocycles. The van der Waals surface area contributed by atoms with Gasteiger partial charge in [0.25, 0.3) is 15.9 Å². The Kier molecular flexibility index (Phi) is 12.6. The predicted molar refractivity (Wildman–Crippen MR) is 271 cm³/mol. The summed E-state index contributed by atoms with van der Waals surface area (Å²) in [6.45, 7) is 15.4. The van der Waals surface area contributed by atoms with E-state index in [1.807, 2.05) is 11.0 Å². The highest BCUT2D eigenvalue weighted by Crippen LogP contribution is 2.54. The zero-order valence-electron chi connectivity index (χ0n) is 40.9. The first-order valence-electron chi connectivity index (χ1n) is 24.9.